The van der Waals surface area contributed by atoms with Crippen LogP contribution in [-0.4, -0.2) is 16.7 Å². The highest BCUT2D eigenvalue weighted by Gasteiger charge is 1.96. The first-order chi connectivity index (χ1) is 4.24. The quantitative estimate of drug-likeness (QED) is 0.554. The fourth-order valence-electron chi connectivity index (χ4n) is 0.509. The van der Waals surface area contributed by atoms with Crippen molar-refractivity contribution in [2.24, 2.45) is 7.05 Å². The molecule has 0 saturated carbocycles. The highest BCUT2D eigenvalue weighted by Crippen LogP contribution is 1.95. The molecule has 0 aromatic carbocycles. The molecule has 0 aliphatic rings. The highest BCUT2D eigenvalue weighted by atomic mass is 16.5. The van der Waals surface area contributed by atoms with E-state index in [9.17, 15) is 4.79 Å². The molecule has 4 nitrogen and oxygen atoms in total. The molecule has 1 heterocycles. The number of imidazole rings is 1. The number of ether oxygens (including phenoxy) is 1. The number of hydrogen-bond acceptors (Lipinski definition) is 2. The maximum Gasteiger partial charge on any atom is 0.328 e. The van der Waals surface area contributed by atoms with Gasteiger partial charge in [0.05, 0.1) is 7.11 Å². The van der Waals surface area contributed by atoms with Gasteiger partial charge in [0.25, 0.3) is 0 Å². The number of aromatic nitrogens is 2. The van der Waals surface area contributed by atoms with Crippen LogP contribution >= 0.6 is 0 Å². The summed E-state index contributed by atoms with van der Waals surface area (Å²) in [6, 6.07) is 0. The van der Waals surface area contributed by atoms with Gasteiger partial charge in [0.1, 0.15) is 6.20 Å². The van der Waals surface area contributed by atoms with Crippen molar-refractivity contribution in [3.63, 3.8) is 0 Å². The minimum atomic E-state index is -0.216. The summed E-state index contributed by atoms with van der Waals surface area (Å²) in [7, 11) is 3.07. The van der Waals surface area contributed by atoms with Gasteiger partial charge in [-0.15, -0.1) is 0 Å². The SMILES string of the molecule is COc1[c]n(C)c(=O)[nH]1. The Morgan fingerprint density at radius 2 is 2.44 bits per heavy atom. The summed E-state index contributed by atoms with van der Waals surface area (Å²) in [6.45, 7) is 0. The molecule has 0 bridgehead atoms. The second-order valence-electron chi connectivity index (χ2n) is 1.63. The Hall–Kier alpha value is -1.19. The van der Waals surface area contributed by atoms with Crippen LogP contribution in [-0.2, 0) is 7.05 Å². The summed E-state index contributed by atoms with van der Waals surface area (Å²) in [6.07, 6.45) is 2.62. The van der Waals surface area contributed by atoms with Crippen molar-refractivity contribution in [3.8, 4) is 5.88 Å². The Morgan fingerprint density at radius 3 is 2.67 bits per heavy atom. The van der Waals surface area contributed by atoms with Gasteiger partial charge < -0.3 is 4.74 Å². The van der Waals surface area contributed by atoms with Gasteiger partial charge in [0, 0.05) is 7.05 Å². The monoisotopic (exact) mass is 127 g/mol. The van der Waals surface area contributed by atoms with Crippen molar-refractivity contribution < 1.29 is 4.74 Å². The number of H-pyrrole nitrogens is 1. The third-order valence-electron chi connectivity index (χ3n) is 0.998. The van der Waals surface area contributed by atoms with Crippen LogP contribution in [0.25, 0.3) is 0 Å². The molecular formula is C5H7N2O2. The van der Waals surface area contributed by atoms with Crippen molar-refractivity contribution >= 4 is 0 Å². The molecule has 0 fully saturated rings. The van der Waals surface area contributed by atoms with E-state index >= 15 is 0 Å². The number of nitrogens with zero attached hydrogens (tertiary/aromatic N) is 1. The topological polar surface area (TPSA) is 47.0 Å². The number of aryl methyl sites for hydroxylation is 1. The molecule has 1 aromatic heterocycles. The summed E-state index contributed by atoms with van der Waals surface area (Å²) in [4.78, 5) is 13.0. The minimum Gasteiger partial charge on any atom is -0.481 e. The average molecular weight is 127 g/mol. The third kappa shape index (κ3) is 0.960. The molecule has 4 heteroatoms. The van der Waals surface area contributed by atoms with Gasteiger partial charge in [0.2, 0.25) is 5.88 Å². The van der Waals surface area contributed by atoms with E-state index in [1.807, 2.05) is 0 Å². The van der Waals surface area contributed by atoms with Crippen LogP contribution in [0.4, 0.5) is 0 Å². The molecular weight excluding hydrogens is 120 g/mol. The lowest BCUT2D eigenvalue weighted by Crippen LogP contribution is -2.11. The zero-order valence-corrected chi connectivity index (χ0v) is 5.26. The van der Waals surface area contributed by atoms with Gasteiger partial charge in [-0.25, -0.2) is 4.79 Å². The number of aromatic amines is 1. The molecule has 49 valence electrons. The van der Waals surface area contributed by atoms with Crippen LogP contribution in [0.1, 0.15) is 0 Å². The van der Waals surface area contributed by atoms with Gasteiger partial charge in [-0.3, -0.25) is 9.55 Å². The van der Waals surface area contributed by atoms with Crippen molar-refractivity contribution in [2.45, 2.75) is 0 Å². The Kier molecular flexibility index (Phi) is 1.30. The summed E-state index contributed by atoms with van der Waals surface area (Å²) in [5.74, 6) is 0.363. The standard InChI is InChI=1S/C5H7N2O2/c1-7-3-4(9-2)6-5(7)8/h1-2H3,(H,6,8). The highest BCUT2D eigenvalue weighted by molar-refractivity contribution is 5.00. The summed E-state index contributed by atoms with van der Waals surface area (Å²) >= 11 is 0. The maximum atomic E-state index is 10.6. The summed E-state index contributed by atoms with van der Waals surface area (Å²) in [5, 5.41) is 0. The smallest absolute Gasteiger partial charge is 0.328 e. The van der Waals surface area contributed by atoms with Crippen molar-refractivity contribution in [1.82, 2.24) is 9.55 Å². The number of hydrogen-bond donors (Lipinski definition) is 1. The van der Waals surface area contributed by atoms with E-state index in [2.05, 4.69) is 15.9 Å². The molecule has 9 heavy (non-hydrogen) atoms. The van der Waals surface area contributed by atoms with Crippen LogP contribution in [0.2, 0.25) is 0 Å². The molecule has 0 unspecified atom stereocenters. The molecule has 1 aromatic rings. The van der Waals surface area contributed by atoms with Crippen LogP contribution < -0.4 is 10.4 Å². The molecule has 1 radical (unpaired) electrons. The van der Waals surface area contributed by atoms with Gasteiger partial charge in [0.15, 0.2) is 0 Å². The largest absolute Gasteiger partial charge is 0.481 e. The average Bonchev–Trinajstić information content (AvgIpc) is 2.13. The first-order valence-corrected chi connectivity index (χ1v) is 2.46. The fraction of sp³-hybridized carbons (Fsp3) is 0.400. The van der Waals surface area contributed by atoms with Crippen LogP contribution in [0.15, 0.2) is 4.79 Å². The lowest BCUT2D eigenvalue weighted by Gasteiger charge is -1.86. The predicted octanol–water partition coefficient (Wildman–Crippen LogP) is -0.478. The maximum absolute atomic E-state index is 10.6. The summed E-state index contributed by atoms with van der Waals surface area (Å²) < 4.78 is 5.97. The molecule has 0 spiro atoms. The number of rotatable bonds is 1. The molecule has 0 aliphatic heterocycles. The van der Waals surface area contributed by atoms with Gasteiger partial charge in [-0.05, 0) is 0 Å². The van der Waals surface area contributed by atoms with E-state index in [-0.39, 0.29) is 5.69 Å². The minimum absolute atomic E-state index is 0.216. The van der Waals surface area contributed by atoms with E-state index in [0.29, 0.717) is 5.88 Å². The molecule has 0 aliphatic carbocycles. The first-order valence-electron chi connectivity index (χ1n) is 2.46. The normalized spacial score (nSPS) is 9.56. The third-order valence-corrected chi connectivity index (χ3v) is 0.998. The van der Waals surface area contributed by atoms with Gasteiger partial charge in [-0.2, -0.15) is 0 Å². The van der Waals surface area contributed by atoms with E-state index in [0.717, 1.165) is 0 Å². The molecule has 0 amide bonds. The lowest BCUT2D eigenvalue weighted by atomic mass is 10.8. The molecule has 0 atom stereocenters. The number of nitrogens with one attached hydrogen (secondary N) is 1. The lowest BCUT2D eigenvalue weighted by molar-refractivity contribution is 0.398. The second kappa shape index (κ2) is 1.97. The zero-order valence-electron chi connectivity index (χ0n) is 5.26. The Bertz CT molecular complexity index is 248. The predicted molar refractivity (Wildman–Crippen MR) is 31.4 cm³/mol. The molecule has 1 rings (SSSR count). The number of methoxy groups -OCH3 is 1. The molecule has 0 saturated heterocycles. The van der Waals surface area contributed by atoms with Crippen LogP contribution in [0, 0.1) is 6.20 Å². The van der Waals surface area contributed by atoms with E-state index in [1.54, 1.807) is 7.05 Å². The second-order valence-corrected chi connectivity index (χ2v) is 1.63. The van der Waals surface area contributed by atoms with Gasteiger partial charge >= 0.3 is 5.69 Å². The van der Waals surface area contributed by atoms with Crippen molar-refractivity contribution in [3.05, 3.63) is 16.7 Å². The van der Waals surface area contributed by atoms with E-state index in [4.69, 9.17) is 0 Å². The molecule has 1 N–H and O–H groups in total. The Balaban J connectivity index is 3.13. The Labute approximate surface area is 52.1 Å². The van der Waals surface area contributed by atoms with E-state index < -0.39 is 0 Å². The van der Waals surface area contributed by atoms with Crippen LogP contribution in [0.3, 0.4) is 0 Å². The summed E-state index contributed by atoms with van der Waals surface area (Å²) in [5.41, 5.74) is -0.216. The fourth-order valence-corrected chi connectivity index (χ4v) is 0.509. The van der Waals surface area contributed by atoms with Crippen molar-refractivity contribution in [2.75, 3.05) is 7.11 Å². The van der Waals surface area contributed by atoms with E-state index in [1.165, 1.54) is 11.7 Å². The van der Waals surface area contributed by atoms with Crippen molar-refractivity contribution in [1.29, 1.82) is 0 Å². The van der Waals surface area contributed by atoms with Crippen LogP contribution in [0.5, 0.6) is 5.88 Å². The van der Waals surface area contributed by atoms with Gasteiger partial charge in [-0.1, -0.05) is 0 Å². The first kappa shape index (κ1) is 5.94. The Morgan fingerprint density at radius 1 is 1.78 bits per heavy atom. The zero-order chi connectivity index (χ0) is 6.85.